The number of carbonyl (C=O) groups is 2. The molecule has 1 saturated carbocycles. The SMILES string of the molecule is CC(=O)[C@H]1C(=O)CCC2=C[C@@H](O)C[C@H](C)[C@]21C. The zero-order chi connectivity index (χ0) is 12.8. The summed E-state index contributed by atoms with van der Waals surface area (Å²) in [6.45, 7) is 5.55. The Hall–Kier alpha value is -0.960. The topological polar surface area (TPSA) is 54.4 Å². The second kappa shape index (κ2) is 4.05. The molecule has 2 aliphatic carbocycles. The van der Waals surface area contributed by atoms with Gasteiger partial charge in [-0.25, -0.2) is 0 Å². The van der Waals surface area contributed by atoms with Crippen molar-refractivity contribution >= 4 is 11.6 Å². The number of ketones is 2. The summed E-state index contributed by atoms with van der Waals surface area (Å²) in [4.78, 5) is 23.8. The van der Waals surface area contributed by atoms with Crippen LogP contribution in [-0.4, -0.2) is 22.8 Å². The monoisotopic (exact) mass is 236 g/mol. The van der Waals surface area contributed by atoms with Crippen LogP contribution < -0.4 is 0 Å². The van der Waals surface area contributed by atoms with E-state index in [1.165, 1.54) is 6.92 Å². The normalized spacial score (nSPS) is 41.8. The minimum absolute atomic E-state index is 0.0358. The number of aliphatic hydroxyl groups is 1. The van der Waals surface area contributed by atoms with Crippen molar-refractivity contribution in [2.75, 3.05) is 0 Å². The quantitative estimate of drug-likeness (QED) is 0.558. The van der Waals surface area contributed by atoms with Crippen LogP contribution in [0, 0.1) is 17.3 Å². The van der Waals surface area contributed by atoms with Crippen molar-refractivity contribution in [2.24, 2.45) is 17.3 Å². The van der Waals surface area contributed by atoms with Crippen LogP contribution >= 0.6 is 0 Å². The number of aliphatic hydroxyl groups excluding tert-OH is 1. The number of Topliss-reactive ketones (excluding diaryl/α,β-unsaturated/α-hetero) is 2. The van der Waals surface area contributed by atoms with E-state index in [1.807, 2.05) is 19.9 Å². The lowest BCUT2D eigenvalue weighted by atomic mass is 9.54. The molecule has 94 valence electrons. The summed E-state index contributed by atoms with van der Waals surface area (Å²) >= 11 is 0. The average molecular weight is 236 g/mol. The van der Waals surface area contributed by atoms with E-state index in [2.05, 4.69) is 0 Å². The molecule has 0 amide bonds. The van der Waals surface area contributed by atoms with Crippen LogP contribution in [0.5, 0.6) is 0 Å². The Kier molecular flexibility index (Phi) is 2.98. The Balaban J connectivity index is 2.50. The molecule has 0 heterocycles. The predicted octanol–water partition coefficient (Wildman–Crippen LogP) is 1.89. The fourth-order valence-electron chi connectivity index (χ4n) is 3.61. The van der Waals surface area contributed by atoms with E-state index in [1.54, 1.807) is 0 Å². The van der Waals surface area contributed by atoms with E-state index < -0.39 is 12.0 Å². The third-order valence-corrected chi connectivity index (χ3v) is 4.67. The van der Waals surface area contributed by atoms with Crippen LogP contribution in [-0.2, 0) is 9.59 Å². The molecule has 1 N–H and O–H groups in total. The number of allylic oxidation sites excluding steroid dienone is 1. The van der Waals surface area contributed by atoms with Crippen molar-refractivity contribution < 1.29 is 14.7 Å². The minimum Gasteiger partial charge on any atom is -0.389 e. The molecule has 17 heavy (non-hydrogen) atoms. The fourth-order valence-corrected chi connectivity index (χ4v) is 3.61. The van der Waals surface area contributed by atoms with Crippen LogP contribution in [0.3, 0.4) is 0 Å². The van der Waals surface area contributed by atoms with Crippen molar-refractivity contribution in [3.8, 4) is 0 Å². The van der Waals surface area contributed by atoms with Gasteiger partial charge >= 0.3 is 0 Å². The van der Waals surface area contributed by atoms with E-state index in [0.717, 1.165) is 5.57 Å². The molecule has 1 fully saturated rings. The summed E-state index contributed by atoms with van der Waals surface area (Å²) in [5.74, 6) is -0.313. The molecule has 3 heteroatoms. The number of fused-ring (bicyclic) bond motifs is 1. The van der Waals surface area contributed by atoms with Gasteiger partial charge in [0, 0.05) is 11.8 Å². The van der Waals surface area contributed by atoms with Gasteiger partial charge in [0.2, 0.25) is 0 Å². The van der Waals surface area contributed by atoms with Crippen LogP contribution in [0.1, 0.15) is 40.0 Å². The lowest BCUT2D eigenvalue weighted by molar-refractivity contribution is -0.140. The van der Waals surface area contributed by atoms with Gasteiger partial charge in [-0.05, 0) is 25.7 Å². The minimum atomic E-state index is -0.509. The lowest BCUT2D eigenvalue weighted by Gasteiger charge is -2.49. The highest BCUT2D eigenvalue weighted by molar-refractivity contribution is 6.03. The highest BCUT2D eigenvalue weighted by atomic mass is 16.3. The van der Waals surface area contributed by atoms with Crippen molar-refractivity contribution in [1.29, 1.82) is 0 Å². The molecule has 4 atom stereocenters. The smallest absolute Gasteiger partial charge is 0.144 e. The van der Waals surface area contributed by atoms with Gasteiger partial charge in [0.15, 0.2) is 0 Å². The van der Waals surface area contributed by atoms with Gasteiger partial charge in [-0.1, -0.05) is 25.5 Å². The Labute approximate surface area is 102 Å². The molecule has 0 unspecified atom stereocenters. The molecule has 0 bridgehead atoms. The van der Waals surface area contributed by atoms with Gasteiger partial charge in [0.25, 0.3) is 0 Å². The third kappa shape index (κ3) is 1.77. The third-order valence-electron chi connectivity index (χ3n) is 4.67. The number of hydrogen-bond donors (Lipinski definition) is 1. The maximum atomic E-state index is 12.0. The fraction of sp³-hybridized carbons (Fsp3) is 0.714. The molecule has 0 aromatic rings. The molecule has 2 aliphatic rings. The maximum absolute atomic E-state index is 12.0. The van der Waals surface area contributed by atoms with Crippen molar-refractivity contribution in [3.63, 3.8) is 0 Å². The Morgan fingerprint density at radius 1 is 1.47 bits per heavy atom. The van der Waals surface area contributed by atoms with E-state index in [9.17, 15) is 14.7 Å². The van der Waals surface area contributed by atoms with Crippen LogP contribution in [0.15, 0.2) is 11.6 Å². The molecule has 0 aromatic carbocycles. The van der Waals surface area contributed by atoms with Gasteiger partial charge in [-0.3, -0.25) is 9.59 Å². The van der Waals surface area contributed by atoms with Gasteiger partial charge in [-0.2, -0.15) is 0 Å². The largest absolute Gasteiger partial charge is 0.389 e. The summed E-state index contributed by atoms with van der Waals surface area (Å²) in [5.41, 5.74) is 0.726. The van der Waals surface area contributed by atoms with Crippen LogP contribution in [0.25, 0.3) is 0 Å². The van der Waals surface area contributed by atoms with Gasteiger partial charge < -0.3 is 5.11 Å². The summed E-state index contributed by atoms with van der Waals surface area (Å²) < 4.78 is 0. The Bertz CT molecular complexity index is 396. The average Bonchev–Trinajstić information content (AvgIpc) is 2.20. The first kappa shape index (κ1) is 12.5. The van der Waals surface area contributed by atoms with E-state index in [-0.39, 0.29) is 22.9 Å². The molecular formula is C14H20O3. The number of rotatable bonds is 1. The zero-order valence-corrected chi connectivity index (χ0v) is 10.7. The van der Waals surface area contributed by atoms with Gasteiger partial charge in [0.05, 0.1) is 12.0 Å². The highest BCUT2D eigenvalue weighted by Gasteiger charge is 2.52. The molecule has 0 saturated heterocycles. The Morgan fingerprint density at radius 2 is 2.12 bits per heavy atom. The molecule has 0 aromatic heterocycles. The number of carbonyl (C=O) groups excluding carboxylic acids is 2. The summed E-state index contributed by atoms with van der Waals surface area (Å²) in [6.07, 6.45) is 3.21. The zero-order valence-electron chi connectivity index (χ0n) is 10.7. The van der Waals surface area contributed by atoms with Gasteiger partial charge in [0.1, 0.15) is 11.6 Å². The molecule has 2 rings (SSSR count). The molecule has 3 nitrogen and oxygen atoms in total. The molecular weight excluding hydrogens is 216 g/mol. The standard InChI is InChI=1S/C14H20O3/c1-8-6-11(16)7-10-4-5-12(17)13(9(2)15)14(8,10)3/h7-8,11,13,16H,4-6H2,1-3H3/t8-,11-,13-,14+/m0/s1. The van der Waals surface area contributed by atoms with E-state index >= 15 is 0 Å². The Morgan fingerprint density at radius 3 is 2.71 bits per heavy atom. The first-order valence-corrected chi connectivity index (χ1v) is 6.29. The van der Waals surface area contributed by atoms with Gasteiger partial charge in [-0.15, -0.1) is 0 Å². The second-order valence-electron chi connectivity index (χ2n) is 5.69. The highest BCUT2D eigenvalue weighted by Crippen LogP contribution is 2.52. The molecule has 0 aliphatic heterocycles. The van der Waals surface area contributed by atoms with Crippen molar-refractivity contribution in [2.45, 2.75) is 46.1 Å². The van der Waals surface area contributed by atoms with Crippen LogP contribution in [0.2, 0.25) is 0 Å². The molecule has 0 spiro atoms. The molecule has 0 radical (unpaired) electrons. The van der Waals surface area contributed by atoms with Crippen molar-refractivity contribution in [3.05, 3.63) is 11.6 Å². The first-order valence-electron chi connectivity index (χ1n) is 6.29. The summed E-state index contributed by atoms with van der Waals surface area (Å²) in [5, 5.41) is 9.78. The summed E-state index contributed by atoms with van der Waals surface area (Å²) in [6, 6.07) is 0. The van der Waals surface area contributed by atoms with E-state index in [4.69, 9.17) is 0 Å². The van der Waals surface area contributed by atoms with Crippen molar-refractivity contribution in [1.82, 2.24) is 0 Å². The lowest BCUT2D eigenvalue weighted by Crippen LogP contribution is -2.49. The van der Waals surface area contributed by atoms with E-state index in [0.29, 0.717) is 19.3 Å². The maximum Gasteiger partial charge on any atom is 0.144 e. The van der Waals surface area contributed by atoms with Crippen LogP contribution in [0.4, 0.5) is 0 Å². The predicted molar refractivity (Wildman–Crippen MR) is 64.4 cm³/mol. The summed E-state index contributed by atoms with van der Waals surface area (Å²) in [7, 11) is 0. The second-order valence-corrected chi connectivity index (χ2v) is 5.69. The first-order chi connectivity index (χ1) is 7.87. The number of hydrogen-bond acceptors (Lipinski definition) is 3.